The van der Waals surface area contributed by atoms with Crippen molar-refractivity contribution in [1.82, 2.24) is 0 Å². The minimum absolute atomic E-state index is 0.227. The van der Waals surface area contributed by atoms with Crippen LogP contribution in [0.25, 0.3) is 6.08 Å². The Bertz CT molecular complexity index is 350. The predicted octanol–water partition coefficient (Wildman–Crippen LogP) is 2.90. The molecule has 0 aliphatic rings. The lowest BCUT2D eigenvalue weighted by Crippen LogP contribution is -2.22. The number of rotatable bonds is 3. The third-order valence-corrected chi connectivity index (χ3v) is 2.20. The highest BCUT2D eigenvalue weighted by atomic mass is 16.5. The van der Waals surface area contributed by atoms with Gasteiger partial charge in [-0.1, -0.05) is 42.5 Å². The van der Waals surface area contributed by atoms with Gasteiger partial charge in [-0.3, -0.25) is 4.79 Å². The number of ether oxygens (including phenoxy) is 1. The number of benzene rings is 1. The summed E-state index contributed by atoms with van der Waals surface area (Å²) in [5.74, 6) is -0.227. The van der Waals surface area contributed by atoms with Gasteiger partial charge in [0.1, 0.15) is 0 Å². The maximum atomic E-state index is 11.4. The largest absolute Gasteiger partial charge is 0.468 e. The van der Waals surface area contributed by atoms with Gasteiger partial charge in [-0.2, -0.15) is 0 Å². The molecule has 0 fully saturated rings. The van der Waals surface area contributed by atoms with Crippen LogP contribution in [0.2, 0.25) is 0 Å². The zero-order valence-corrected chi connectivity index (χ0v) is 9.36. The van der Waals surface area contributed by atoms with Crippen molar-refractivity contribution in [1.29, 1.82) is 0 Å². The van der Waals surface area contributed by atoms with Crippen LogP contribution in [0, 0.1) is 5.41 Å². The molecule has 0 heterocycles. The summed E-state index contributed by atoms with van der Waals surface area (Å²) in [6.07, 6.45) is 3.78. The first kappa shape index (κ1) is 11.5. The number of esters is 1. The highest BCUT2D eigenvalue weighted by Crippen LogP contribution is 2.20. The van der Waals surface area contributed by atoms with Gasteiger partial charge in [-0.25, -0.2) is 0 Å². The van der Waals surface area contributed by atoms with Crippen molar-refractivity contribution in [3.63, 3.8) is 0 Å². The van der Waals surface area contributed by atoms with Gasteiger partial charge in [0, 0.05) is 0 Å². The summed E-state index contributed by atoms with van der Waals surface area (Å²) in [5, 5.41) is 0. The first-order valence-corrected chi connectivity index (χ1v) is 4.89. The second-order valence-electron chi connectivity index (χ2n) is 3.96. The molecule has 0 unspecified atom stereocenters. The second-order valence-corrected chi connectivity index (χ2v) is 3.96. The van der Waals surface area contributed by atoms with Crippen LogP contribution in [0.4, 0.5) is 0 Å². The van der Waals surface area contributed by atoms with Crippen molar-refractivity contribution in [2.24, 2.45) is 5.41 Å². The molecule has 1 rings (SSSR count). The van der Waals surface area contributed by atoms with Crippen LogP contribution in [0.1, 0.15) is 19.4 Å². The van der Waals surface area contributed by atoms with E-state index in [0.717, 1.165) is 5.56 Å². The Balaban J connectivity index is 2.77. The highest BCUT2D eigenvalue weighted by Gasteiger charge is 2.24. The third kappa shape index (κ3) is 3.24. The Hall–Kier alpha value is -1.57. The molecule has 1 aromatic carbocycles. The topological polar surface area (TPSA) is 26.3 Å². The van der Waals surface area contributed by atoms with Crippen molar-refractivity contribution >= 4 is 12.0 Å². The smallest absolute Gasteiger partial charge is 0.315 e. The van der Waals surface area contributed by atoms with Crippen LogP contribution in [-0.4, -0.2) is 13.1 Å². The first-order valence-electron chi connectivity index (χ1n) is 4.89. The van der Waals surface area contributed by atoms with Crippen LogP contribution in [0.5, 0.6) is 0 Å². The van der Waals surface area contributed by atoms with Crippen LogP contribution in [-0.2, 0) is 9.53 Å². The van der Waals surface area contributed by atoms with Gasteiger partial charge in [0.15, 0.2) is 0 Å². The lowest BCUT2D eigenvalue weighted by Gasteiger charge is -2.16. The fourth-order valence-corrected chi connectivity index (χ4v) is 1.20. The zero-order chi connectivity index (χ0) is 11.3. The molecule has 0 saturated heterocycles. The van der Waals surface area contributed by atoms with E-state index >= 15 is 0 Å². The molecule has 0 aliphatic carbocycles. The van der Waals surface area contributed by atoms with Gasteiger partial charge >= 0.3 is 5.97 Å². The van der Waals surface area contributed by atoms with E-state index in [2.05, 4.69) is 0 Å². The average molecular weight is 204 g/mol. The molecule has 80 valence electrons. The maximum absolute atomic E-state index is 11.4. The SMILES string of the molecule is COC(=O)C(C)(C)/C=C/c1ccccc1. The first-order chi connectivity index (χ1) is 7.06. The molecule has 0 atom stereocenters. The number of carbonyl (C=O) groups is 1. The van der Waals surface area contributed by atoms with Gasteiger partial charge < -0.3 is 4.74 Å². The van der Waals surface area contributed by atoms with Crippen molar-refractivity contribution in [3.8, 4) is 0 Å². The van der Waals surface area contributed by atoms with Crippen LogP contribution in [0.15, 0.2) is 36.4 Å². The average Bonchev–Trinajstić information content (AvgIpc) is 2.27. The van der Waals surface area contributed by atoms with Gasteiger partial charge in [0.2, 0.25) is 0 Å². The summed E-state index contributed by atoms with van der Waals surface area (Å²) in [6, 6.07) is 9.87. The summed E-state index contributed by atoms with van der Waals surface area (Å²) in [7, 11) is 1.40. The fourth-order valence-electron chi connectivity index (χ4n) is 1.20. The van der Waals surface area contributed by atoms with E-state index in [9.17, 15) is 4.79 Å². The molecule has 0 spiro atoms. The van der Waals surface area contributed by atoms with E-state index in [1.807, 2.05) is 56.3 Å². The molecule has 2 heteroatoms. The second kappa shape index (κ2) is 4.78. The molecular weight excluding hydrogens is 188 g/mol. The maximum Gasteiger partial charge on any atom is 0.315 e. The number of hydrogen-bond donors (Lipinski definition) is 0. The Morgan fingerprint density at radius 3 is 2.40 bits per heavy atom. The summed E-state index contributed by atoms with van der Waals surface area (Å²) >= 11 is 0. The van der Waals surface area contributed by atoms with Crippen LogP contribution >= 0.6 is 0 Å². The minimum atomic E-state index is -0.579. The summed E-state index contributed by atoms with van der Waals surface area (Å²) in [5.41, 5.74) is 0.499. The van der Waals surface area contributed by atoms with E-state index < -0.39 is 5.41 Å². The van der Waals surface area contributed by atoms with E-state index in [1.54, 1.807) is 0 Å². The summed E-state index contributed by atoms with van der Waals surface area (Å²) in [4.78, 5) is 11.4. The van der Waals surface area contributed by atoms with E-state index in [1.165, 1.54) is 7.11 Å². The predicted molar refractivity (Wildman–Crippen MR) is 61.3 cm³/mol. The van der Waals surface area contributed by atoms with Crippen molar-refractivity contribution in [2.75, 3.05) is 7.11 Å². The highest BCUT2D eigenvalue weighted by molar-refractivity contribution is 5.79. The summed E-state index contributed by atoms with van der Waals surface area (Å²) < 4.78 is 4.71. The van der Waals surface area contributed by atoms with E-state index in [0.29, 0.717) is 0 Å². The minimum Gasteiger partial charge on any atom is -0.468 e. The molecule has 0 N–H and O–H groups in total. The van der Waals surface area contributed by atoms with Crippen molar-refractivity contribution in [3.05, 3.63) is 42.0 Å². The molecule has 1 aromatic rings. The molecule has 0 bridgehead atoms. The van der Waals surface area contributed by atoms with Crippen molar-refractivity contribution in [2.45, 2.75) is 13.8 Å². The summed E-state index contributed by atoms with van der Waals surface area (Å²) in [6.45, 7) is 3.66. The Kier molecular flexibility index (Phi) is 3.67. The molecule has 0 radical (unpaired) electrons. The zero-order valence-electron chi connectivity index (χ0n) is 9.36. The Morgan fingerprint density at radius 2 is 1.87 bits per heavy atom. The number of carbonyl (C=O) groups excluding carboxylic acids is 1. The normalized spacial score (nSPS) is 11.7. The van der Waals surface area contributed by atoms with E-state index in [4.69, 9.17) is 4.74 Å². The Morgan fingerprint density at radius 1 is 1.27 bits per heavy atom. The van der Waals surface area contributed by atoms with Crippen LogP contribution in [0.3, 0.4) is 0 Å². The number of methoxy groups -OCH3 is 1. The molecular formula is C13H16O2. The molecule has 0 amide bonds. The van der Waals surface area contributed by atoms with Crippen molar-refractivity contribution < 1.29 is 9.53 Å². The molecule has 0 saturated carbocycles. The fraction of sp³-hybridized carbons (Fsp3) is 0.308. The standard InChI is InChI=1S/C13H16O2/c1-13(2,12(14)15-3)10-9-11-7-5-4-6-8-11/h4-10H,1-3H3/b10-9+. The third-order valence-electron chi connectivity index (χ3n) is 2.20. The Labute approximate surface area is 90.6 Å². The molecule has 2 nitrogen and oxygen atoms in total. The van der Waals surface area contributed by atoms with Gasteiger partial charge in [-0.15, -0.1) is 0 Å². The van der Waals surface area contributed by atoms with Gasteiger partial charge in [-0.05, 0) is 19.4 Å². The molecule has 0 aromatic heterocycles. The quantitative estimate of drug-likeness (QED) is 0.708. The van der Waals surface area contributed by atoms with Crippen LogP contribution < -0.4 is 0 Å². The lowest BCUT2D eigenvalue weighted by atomic mass is 9.92. The van der Waals surface area contributed by atoms with E-state index in [-0.39, 0.29) is 5.97 Å². The molecule has 15 heavy (non-hydrogen) atoms. The lowest BCUT2D eigenvalue weighted by molar-refractivity contribution is -0.148. The van der Waals surface area contributed by atoms with Gasteiger partial charge in [0.25, 0.3) is 0 Å². The molecule has 0 aliphatic heterocycles. The van der Waals surface area contributed by atoms with Gasteiger partial charge in [0.05, 0.1) is 12.5 Å². The number of hydrogen-bond acceptors (Lipinski definition) is 2. The monoisotopic (exact) mass is 204 g/mol.